The number of sulfonamides is 1. The summed E-state index contributed by atoms with van der Waals surface area (Å²) >= 11 is 6.33. The topological polar surface area (TPSA) is 96.2 Å². The molecule has 3 heterocycles. The number of methoxy groups -OCH3 is 1. The van der Waals surface area contributed by atoms with E-state index < -0.39 is 10.0 Å². The van der Waals surface area contributed by atoms with E-state index in [1.807, 2.05) is 16.8 Å². The highest BCUT2D eigenvalue weighted by Crippen LogP contribution is 2.34. The monoisotopic (exact) mass is 504 g/mol. The molecular weight excluding hydrogens is 476 g/mol. The number of hydrogen-bond donors (Lipinski definition) is 2. The van der Waals surface area contributed by atoms with Crippen LogP contribution in [0.2, 0.25) is 5.02 Å². The van der Waals surface area contributed by atoms with Crippen LogP contribution in [0.1, 0.15) is 31.2 Å². The number of halogens is 1. The largest absolute Gasteiger partial charge is 0.495 e. The SMILES string of the molecule is COc1cc(CO)c(-c2cn3ccc(N4CCC(CNS(=O)(=O)C5CC5)CC4)cc3n2)cc1Cl. The number of benzene rings is 1. The summed E-state index contributed by atoms with van der Waals surface area (Å²) in [5, 5.41) is 10.1. The summed E-state index contributed by atoms with van der Waals surface area (Å²) in [6, 6.07) is 7.64. The molecule has 2 aromatic heterocycles. The van der Waals surface area contributed by atoms with Crippen LogP contribution in [0.4, 0.5) is 5.69 Å². The van der Waals surface area contributed by atoms with Crippen molar-refractivity contribution in [3.05, 3.63) is 47.2 Å². The first-order valence-corrected chi connectivity index (χ1v) is 13.5. The molecule has 5 rings (SSSR count). The molecule has 8 nitrogen and oxygen atoms in total. The van der Waals surface area contributed by atoms with Gasteiger partial charge in [0, 0.05) is 49.3 Å². The lowest BCUT2D eigenvalue weighted by Crippen LogP contribution is -2.39. The molecule has 10 heteroatoms. The van der Waals surface area contributed by atoms with Gasteiger partial charge in [-0.3, -0.25) is 0 Å². The van der Waals surface area contributed by atoms with Gasteiger partial charge < -0.3 is 19.1 Å². The molecule has 0 radical (unpaired) electrons. The van der Waals surface area contributed by atoms with Crippen LogP contribution < -0.4 is 14.4 Å². The number of hydrogen-bond acceptors (Lipinski definition) is 6. The molecule has 1 saturated heterocycles. The number of aliphatic hydroxyl groups excluding tert-OH is 1. The molecule has 2 N–H and O–H groups in total. The molecule has 0 atom stereocenters. The highest BCUT2D eigenvalue weighted by atomic mass is 35.5. The van der Waals surface area contributed by atoms with Gasteiger partial charge in [0.15, 0.2) is 0 Å². The molecule has 1 aromatic carbocycles. The van der Waals surface area contributed by atoms with Gasteiger partial charge >= 0.3 is 0 Å². The summed E-state index contributed by atoms with van der Waals surface area (Å²) < 4.78 is 34.2. The van der Waals surface area contributed by atoms with Crippen molar-refractivity contribution in [2.45, 2.75) is 37.5 Å². The van der Waals surface area contributed by atoms with E-state index in [1.54, 1.807) is 19.2 Å². The first-order chi connectivity index (χ1) is 16.4. The van der Waals surface area contributed by atoms with Crippen LogP contribution in [0, 0.1) is 5.92 Å². The second kappa shape index (κ2) is 9.37. The molecule has 0 spiro atoms. The van der Waals surface area contributed by atoms with E-state index >= 15 is 0 Å². The van der Waals surface area contributed by atoms with Gasteiger partial charge in [-0.05, 0) is 55.4 Å². The number of nitrogens with zero attached hydrogens (tertiary/aromatic N) is 3. The van der Waals surface area contributed by atoms with Crippen LogP contribution in [-0.2, 0) is 16.6 Å². The molecule has 34 heavy (non-hydrogen) atoms. The molecule has 2 aliphatic rings. The second-order valence-corrected chi connectivity index (χ2v) is 11.6. The van der Waals surface area contributed by atoms with E-state index in [0.717, 1.165) is 61.4 Å². The van der Waals surface area contributed by atoms with Gasteiger partial charge in [-0.2, -0.15) is 0 Å². The van der Waals surface area contributed by atoms with Gasteiger partial charge in [-0.15, -0.1) is 0 Å². The van der Waals surface area contributed by atoms with Gasteiger partial charge in [0.1, 0.15) is 11.4 Å². The van der Waals surface area contributed by atoms with Crippen molar-refractivity contribution in [2.75, 3.05) is 31.6 Å². The maximum Gasteiger partial charge on any atom is 0.214 e. The van der Waals surface area contributed by atoms with Crippen LogP contribution in [0.3, 0.4) is 0 Å². The molecule has 2 fully saturated rings. The van der Waals surface area contributed by atoms with E-state index in [9.17, 15) is 13.5 Å². The number of imidazole rings is 1. The summed E-state index contributed by atoms with van der Waals surface area (Å²) in [6.45, 7) is 2.14. The van der Waals surface area contributed by atoms with E-state index in [2.05, 4.69) is 21.8 Å². The normalized spacial score (nSPS) is 17.4. The second-order valence-electron chi connectivity index (χ2n) is 9.10. The fourth-order valence-corrected chi connectivity index (χ4v) is 6.25. The number of aliphatic hydroxyl groups is 1. The molecule has 0 amide bonds. The van der Waals surface area contributed by atoms with Gasteiger partial charge in [-0.1, -0.05) is 11.6 Å². The minimum Gasteiger partial charge on any atom is -0.495 e. The first-order valence-electron chi connectivity index (χ1n) is 11.6. The third-order valence-electron chi connectivity index (χ3n) is 6.78. The number of aromatic nitrogens is 2. The summed E-state index contributed by atoms with van der Waals surface area (Å²) in [5.74, 6) is 0.882. The quantitative estimate of drug-likeness (QED) is 0.488. The summed E-state index contributed by atoms with van der Waals surface area (Å²) in [5.41, 5.74) is 4.10. The Morgan fingerprint density at radius 1 is 1.21 bits per heavy atom. The van der Waals surface area contributed by atoms with E-state index in [4.69, 9.17) is 21.3 Å². The Balaban J connectivity index is 1.29. The van der Waals surface area contributed by atoms with Crippen LogP contribution in [0.25, 0.3) is 16.9 Å². The Morgan fingerprint density at radius 2 is 1.97 bits per heavy atom. The van der Waals surface area contributed by atoms with Crippen LogP contribution in [0.5, 0.6) is 5.75 Å². The zero-order valence-corrected chi connectivity index (χ0v) is 20.6. The Kier molecular flexibility index (Phi) is 6.45. The molecule has 1 aliphatic carbocycles. The first kappa shape index (κ1) is 23.4. The van der Waals surface area contributed by atoms with Crippen molar-refractivity contribution in [2.24, 2.45) is 5.92 Å². The standard InChI is InChI=1S/C24H29ClN4O4S/c1-33-23-10-17(15-30)20(12-21(23)25)22-14-29-9-6-18(11-24(29)27-22)28-7-4-16(5-8-28)13-26-34(31,32)19-2-3-19/h6,9-12,14,16,19,26,30H,2-5,7-8,13,15H2,1H3. The number of nitrogens with one attached hydrogen (secondary N) is 1. The van der Waals surface area contributed by atoms with Crippen LogP contribution in [-0.4, -0.2) is 54.9 Å². The lowest BCUT2D eigenvalue weighted by atomic mass is 9.97. The van der Waals surface area contributed by atoms with Gasteiger partial charge in [-0.25, -0.2) is 18.1 Å². The zero-order valence-electron chi connectivity index (χ0n) is 19.1. The smallest absolute Gasteiger partial charge is 0.214 e. The average Bonchev–Trinajstić information content (AvgIpc) is 3.63. The van der Waals surface area contributed by atoms with Crippen molar-refractivity contribution >= 4 is 33.0 Å². The number of ether oxygens (including phenoxy) is 1. The van der Waals surface area contributed by atoms with Crippen molar-refractivity contribution < 1.29 is 18.3 Å². The molecule has 0 unspecified atom stereocenters. The van der Waals surface area contributed by atoms with Gasteiger partial charge in [0.2, 0.25) is 10.0 Å². The highest BCUT2D eigenvalue weighted by Gasteiger charge is 2.36. The number of pyridine rings is 1. The fourth-order valence-electron chi connectivity index (χ4n) is 4.54. The Morgan fingerprint density at radius 3 is 2.65 bits per heavy atom. The fraction of sp³-hybridized carbons (Fsp3) is 0.458. The molecule has 1 aliphatic heterocycles. The van der Waals surface area contributed by atoms with Crippen molar-refractivity contribution in [1.82, 2.24) is 14.1 Å². The van der Waals surface area contributed by atoms with E-state index in [0.29, 0.717) is 28.8 Å². The zero-order chi connectivity index (χ0) is 23.9. The van der Waals surface area contributed by atoms with Crippen LogP contribution >= 0.6 is 11.6 Å². The summed E-state index contributed by atoms with van der Waals surface area (Å²) in [7, 11) is -1.57. The Hall–Kier alpha value is -2.33. The highest BCUT2D eigenvalue weighted by molar-refractivity contribution is 7.90. The van der Waals surface area contributed by atoms with Crippen molar-refractivity contribution in [3.63, 3.8) is 0 Å². The van der Waals surface area contributed by atoms with E-state index in [1.165, 1.54) is 0 Å². The number of anilines is 1. The number of piperidine rings is 1. The number of fused-ring (bicyclic) bond motifs is 1. The summed E-state index contributed by atoms with van der Waals surface area (Å²) in [6.07, 6.45) is 7.39. The van der Waals surface area contributed by atoms with Crippen molar-refractivity contribution in [1.29, 1.82) is 0 Å². The minimum absolute atomic E-state index is 0.145. The molecular formula is C24H29ClN4O4S. The van der Waals surface area contributed by atoms with Gasteiger partial charge in [0.05, 0.1) is 29.7 Å². The third kappa shape index (κ3) is 4.75. The van der Waals surface area contributed by atoms with Crippen LogP contribution in [0.15, 0.2) is 36.7 Å². The average molecular weight is 505 g/mol. The predicted octanol–water partition coefficient (Wildman–Crippen LogP) is 3.45. The van der Waals surface area contributed by atoms with E-state index in [-0.39, 0.29) is 11.9 Å². The minimum atomic E-state index is -3.11. The lowest BCUT2D eigenvalue weighted by molar-refractivity contribution is 0.281. The molecule has 3 aromatic rings. The maximum atomic E-state index is 12.1. The Bertz CT molecular complexity index is 1300. The summed E-state index contributed by atoms with van der Waals surface area (Å²) in [4.78, 5) is 7.11. The molecule has 1 saturated carbocycles. The van der Waals surface area contributed by atoms with Crippen molar-refractivity contribution in [3.8, 4) is 17.0 Å². The maximum absolute atomic E-state index is 12.1. The lowest BCUT2D eigenvalue weighted by Gasteiger charge is -2.33. The predicted molar refractivity (Wildman–Crippen MR) is 133 cm³/mol. The Labute approximate surface area is 204 Å². The van der Waals surface area contributed by atoms with Gasteiger partial charge in [0.25, 0.3) is 0 Å². The molecule has 182 valence electrons. The number of rotatable bonds is 8. The third-order valence-corrected chi connectivity index (χ3v) is 9.00. The molecule has 0 bridgehead atoms.